The summed E-state index contributed by atoms with van der Waals surface area (Å²) in [5.41, 5.74) is 1.90. The van der Waals surface area contributed by atoms with Crippen molar-refractivity contribution in [2.45, 2.75) is 23.9 Å². The molecule has 1 heterocycles. The molecule has 1 amide bonds. The van der Waals surface area contributed by atoms with Crippen LogP contribution in [0.5, 0.6) is 0 Å². The molecule has 0 unspecified atom stereocenters. The van der Waals surface area contributed by atoms with Crippen LogP contribution in [0, 0.1) is 0 Å². The number of hydrogen-bond acceptors (Lipinski definition) is 4. The van der Waals surface area contributed by atoms with Crippen molar-refractivity contribution in [3.8, 4) is 0 Å². The molecule has 1 aliphatic rings. The fraction of sp³-hybridized carbons (Fsp3) is 0.286. The van der Waals surface area contributed by atoms with Crippen molar-refractivity contribution in [2.24, 2.45) is 0 Å². The van der Waals surface area contributed by atoms with Crippen LogP contribution in [-0.4, -0.2) is 50.1 Å². The van der Waals surface area contributed by atoms with Crippen molar-refractivity contribution in [1.29, 1.82) is 0 Å². The van der Waals surface area contributed by atoms with Gasteiger partial charge in [-0.3, -0.25) is 9.69 Å². The number of hydrogen-bond donors (Lipinski definition) is 0. The molecule has 0 aromatic heterocycles. The van der Waals surface area contributed by atoms with Crippen LogP contribution in [0.25, 0.3) is 6.08 Å². The molecule has 0 spiro atoms. The normalized spacial score (nSPS) is 21.1. The van der Waals surface area contributed by atoms with Gasteiger partial charge in [0.15, 0.2) is 9.84 Å². The van der Waals surface area contributed by atoms with Crippen molar-refractivity contribution in [3.63, 3.8) is 0 Å². The average molecular weight is 385 g/mol. The molecule has 0 radical (unpaired) electrons. The van der Waals surface area contributed by atoms with Gasteiger partial charge in [-0.05, 0) is 43.3 Å². The Bertz CT molecular complexity index is 937. The molecule has 1 saturated heterocycles. The Hall–Kier alpha value is -2.44. The lowest BCUT2D eigenvalue weighted by atomic mass is 10.0. The van der Waals surface area contributed by atoms with Gasteiger partial charge in [-0.25, -0.2) is 8.42 Å². The Morgan fingerprint density at radius 1 is 1.07 bits per heavy atom. The molecule has 1 fully saturated rings. The van der Waals surface area contributed by atoms with Crippen LogP contribution >= 0.6 is 0 Å². The lowest BCUT2D eigenvalue weighted by Gasteiger charge is -2.25. The number of likely N-dealkylation sites (N-methyl/N-ethyl adjacent to an activating group) is 1. The van der Waals surface area contributed by atoms with Gasteiger partial charge in [-0.2, -0.15) is 0 Å². The van der Waals surface area contributed by atoms with Crippen LogP contribution in [-0.2, 0) is 14.6 Å². The van der Waals surface area contributed by atoms with E-state index >= 15 is 0 Å². The molecule has 2 aromatic rings. The minimum absolute atomic E-state index is 0.000889. The van der Waals surface area contributed by atoms with E-state index in [4.69, 9.17) is 0 Å². The Morgan fingerprint density at radius 2 is 1.70 bits per heavy atom. The largest absolute Gasteiger partial charge is 0.318 e. The van der Waals surface area contributed by atoms with E-state index in [0.717, 1.165) is 11.1 Å². The lowest BCUT2D eigenvalue weighted by molar-refractivity contribution is -0.127. The molecule has 0 saturated carbocycles. The van der Waals surface area contributed by atoms with E-state index in [2.05, 4.69) is 11.8 Å². The van der Waals surface area contributed by atoms with Crippen molar-refractivity contribution in [2.75, 3.05) is 20.0 Å². The number of amides is 1. The highest BCUT2D eigenvalue weighted by atomic mass is 32.2. The number of nitrogens with zero attached hydrogens (tertiary/aromatic N) is 2. The summed E-state index contributed by atoms with van der Waals surface area (Å²) in [6.07, 6.45) is 4.45. The second-order valence-electron chi connectivity index (χ2n) is 6.98. The predicted molar refractivity (Wildman–Crippen MR) is 107 cm³/mol. The lowest BCUT2D eigenvalue weighted by Crippen LogP contribution is -2.31. The van der Waals surface area contributed by atoms with Gasteiger partial charge < -0.3 is 4.90 Å². The fourth-order valence-corrected chi connectivity index (χ4v) is 3.99. The number of carbonyl (C=O) groups is 1. The number of sulfone groups is 1. The summed E-state index contributed by atoms with van der Waals surface area (Å²) < 4.78 is 23.1. The highest BCUT2D eigenvalue weighted by Gasteiger charge is 2.38. The summed E-state index contributed by atoms with van der Waals surface area (Å²) in [5, 5.41) is 0. The molecule has 2 atom stereocenters. The average Bonchev–Trinajstić information content (AvgIpc) is 2.95. The summed E-state index contributed by atoms with van der Waals surface area (Å²) >= 11 is 0. The predicted octanol–water partition coefficient (Wildman–Crippen LogP) is 2.96. The zero-order valence-electron chi connectivity index (χ0n) is 15.7. The van der Waals surface area contributed by atoms with Crippen LogP contribution in [0.2, 0.25) is 0 Å². The van der Waals surface area contributed by atoms with Gasteiger partial charge >= 0.3 is 0 Å². The molecule has 1 aliphatic heterocycles. The van der Waals surface area contributed by atoms with Crippen molar-refractivity contribution >= 4 is 21.8 Å². The summed E-state index contributed by atoms with van der Waals surface area (Å²) in [5.74, 6) is -0.0627. The third-order valence-electron chi connectivity index (χ3n) is 5.01. The van der Waals surface area contributed by atoms with E-state index in [1.165, 1.54) is 6.26 Å². The van der Waals surface area contributed by atoms with E-state index in [-0.39, 0.29) is 22.9 Å². The van der Waals surface area contributed by atoms with Crippen LogP contribution in [0.4, 0.5) is 0 Å². The molecular formula is C21H24N2O3S. The minimum atomic E-state index is -3.22. The second kappa shape index (κ2) is 7.66. The molecule has 0 aliphatic carbocycles. The van der Waals surface area contributed by atoms with Crippen LogP contribution in [0.3, 0.4) is 0 Å². The van der Waals surface area contributed by atoms with Crippen LogP contribution < -0.4 is 0 Å². The molecule has 27 heavy (non-hydrogen) atoms. The van der Waals surface area contributed by atoms with Gasteiger partial charge in [-0.15, -0.1) is 0 Å². The maximum atomic E-state index is 12.8. The van der Waals surface area contributed by atoms with E-state index in [1.54, 1.807) is 36.4 Å². The third kappa shape index (κ3) is 4.28. The van der Waals surface area contributed by atoms with E-state index in [1.807, 2.05) is 42.3 Å². The first kappa shape index (κ1) is 19.3. The molecule has 5 nitrogen and oxygen atoms in total. The summed E-state index contributed by atoms with van der Waals surface area (Å²) in [4.78, 5) is 17.1. The fourth-order valence-electron chi connectivity index (χ4n) is 3.36. The van der Waals surface area contributed by atoms with Gasteiger partial charge in [0, 0.05) is 18.4 Å². The smallest absolute Gasteiger partial charge is 0.248 e. The van der Waals surface area contributed by atoms with Crippen molar-refractivity contribution in [3.05, 3.63) is 71.8 Å². The summed E-state index contributed by atoms with van der Waals surface area (Å²) in [7, 11) is -1.20. The number of carbonyl (C=O) groups excluding carboxylic acids is 1. The van der Waals surface area contributed by atoms with Crippen LogP contribution in [0.1, 0.15) is 24.1 Å². The van der Waals surface area contributed by atoms with Crippen molar-refractivity contribution < 1.29 is 13.2 Å². The van der Waals surface area contributed by atoms with E-state index in [9.17, 15) is 13.2 Å². The minimum Gasteiger partial charge on any atom is -0.318 e. The highest BCUT2D eigenvalue weighted by Crippen LogP contribution is 2.33. The molecule has 6 heteroatoms. The Balaban J connectivity index is 1.79. The molecule has 142 valence electrons. The standard InChI is InChI=1S/C21H24N2O3S/c1-16-21(18-7-5-4-6-8-18)23(15-22(16)2)20(24)14-11-17-9-12-19(13-10-17)27(3,25)26/h4-14,16,21H,15H2,1-3H3/b14-11+/t16-,21-/m1/s1. The van der Waals surface area contributed by atoms with Gasteiger partial charge in [0.2, 0.25) is 5.91 Å². The van der Waals surface area contributed by atoms with Gasteiger partial charge in [-0.1, -0.05) is 42.5 Å². The summed E-state index contributed by atoms with van der Waals surface area (Å²) in [6, 6.07) is 16.8. The summed E-state index contributed by atoms with van der Waals surface area (Å²) in [6.45, 7) is 2.69. The van der Waals surface area contributed by atoms with Crippen molar-refractivity contribution in [1.82, 2.24) is 9.80 Å². The first-order valence-electron chi connectivity index (χ1n) is 8.81. The topological polar surface area (TPSA) is 57.7 Å². The molecule has 0 bridgehead atoms. The zero-order valence-corrected chi connectivity index (χ0v) is 16.6. The SMILES string of the molecule is C[C@@H]1[C@H](c2ccccc2)N(C(=O)/C=C/c2ccc(S(C)(=O)=O)cc2)CN1C. The Morgan fingerprint density at radius 3 is 2.30 bits per heavy atom. The second-order valence-corrected chi connectivity index (χ2v) is 8.99. The van der Waals surface area contributed by atoms with Gasteiger partial charge in [0.25, 0.3) is 0 Å². The maximum absolute atomic E-state index is 12.8. The van der Waals surface area contributed by atoms with Gasteiger partial charge in [0.1, 0.15) is 0 Å². The Labute approximate surface area is 160 Å². The first-order valence-corrected chi connectivity index (χ1v) is 10.7. The quantitative estimate of drug-likeness (QED) is 0.761. The first-order chi connectivity index (χ1) is 12.8. The highest BCUT2D eigenvalue weighted by molar-refractivity contribution is 7.90. The van der Waals surface area contributed by atoms with Gasteiger partial charge in [0.05, 0.1) is 17.6 Å². The molecular weight excluding hydrogens is 360 g/mol. The Kier molecular flexibility index (Phi) is 5.48. The molecule has 2 aromatic carbocycles. The third-order valence-corrected chi connectivity index (χ3v) is 6.14. The number of rotatable bonds is 4. The monoisotopic (exact) mass is 384 g/mol. The maximum Gasteiger partial charge on any atom is 0.248 e. The van der Waals surface area contributed by atoms with E-state index < -0.39 is 9.84 Å². The molecule has 3 rings (SSSR count). The zero-order chi connectivity index (χ0) is 19.6. The molecule has 0 N–H and O–H groups in total. The number of benzene rings is 2. The van der Waals surface area contributed by atoms with Crippen LogP contribution in [0.15, 0.2) is 65.6 Å². The van der Waals surface area contributed by atoms with E-state index in [0.29, 0.717) is 6.67 Å².